The first-order valence-electron chi connectivity index (χ1n) is 10.7. The smallest absolute Gasteiger partial charge is 0.303 e. The molecule has 36 heavy (non-hydrogen) atoms. The van der Waals surface area contributed by atoms with E-state index in [4.69, 9.17) is 23.7 Å². The molecular formula is C23H26N2O11. The molecule has 2 aromatic rings. The molecule has 0 bridgehead atoms. The third-order valence-electron chi connectivity index (χ3n) is 4.62. The van der Waals surface area contributed by atoms with E-state index in [9.17, 15) is 28.8 Å². The number of H-pyrrole nitrogens is 1. The number of para-hydroxylation sites is 1. The molecule has 0 unspecified atom stereocenters. The molecule has 0 aliphatic heterocycles. The van der Waals surface area contributed by atoms with Gasteiger partial charge in [0.2, 0.25) is 11.9 Å². The first kappa shape index (κ1) is 28.0. The topological polar surface area (TPSA) is 177 Å². The van der Waals surface area contributed by atoms with Crippen LogP contribution in [0.1, 0.15) is 45.1 Å². The SMILES string of the molecule is CC(=O)OC[C@@H](OC(C)=O)[C@H](OC(C)=O)[C@H](OC(C)=O)[C@@H](OC(C)=O)C(=O)c1n[nH]c2ccccc12. The first-order chi connectivity index (χ1) is 16.9. The Labute approximate surface area is 205 Å². The van der Waals surface area contributed by atoms with Gasteiger partial charge in [-0.1, -0.05) is 18.2 Å². The summed E-state index contributed by atoms with van der Waals surface area (Å²) in [6.45, 7) is 4.52. The summed E-state index contributed by atoms with van der Waals surface area (Å²) in [5.74, 6) is -5.32. The fourth-order valence-electron chi connectivity index (χ4n) is 3.38. The molecule has 194 valence electrons. The molecule has 13 nitrogen and oxygen atoms in total. The lowest BCUT2D eigenvalue weighted by Crippen LogP contribution is -2.55. The second-order valence-corrected chi connectivity index (χ2v) is 7.61. The van der Waals surface area contributed by atoms with Gasteiger partial charge in [0.05, 0.1) is 5.52 Å². The van der Waals surface area contributed by atoms with Crippen LogP contribution >= 0.6 is 0 Å². The predicted octanol–water partition coefficient (Wildman–Crippen LogP) is 1.04. The van der Waals surface area contributed by atoms with Gasteiger partial charge in [0.25, 0.3) is 0 Å². The molecule has 1 aromatic carbocycles. The summed E-state index contributed by atoms with van der Waals surface area (Å²) in [5.41, 5.74) is 0.343. The monoisotopic (exact) mass is 506 g/mol. The Kier molecular flexibility index (Phi) is 9.65. The van der Waals surface area contributed by atoms with E-state index in [0.29, 0.717) is 10.9 Å². The average molecular weight is 506 g/mol. The van der Waals surface area contributed by atoms with Crippen LogP contribution in [-0.4, -0.2) is 76.8 Å². The van der Waals surface area contributed by atoms with Crippen molar-refractivity contribution >= 4 is 46.5 Å². The minimum atomic E-state index is -1.89. The fourth-order valence-corrected chi connectivity index (χ4v) is 3.38. The van der Waals surface area contributed by atoms with Crippen LogP contribution in [0.4, 0.5) is 0 Å². The molecule has 0 spiro atoms. The molecule has 13 heteroatoms. The van der Waals surface area contributed by atoms with Gasteiger partial charge in [0.1, 0.15) is 12.3 Å². The summed E-state index contributed by atoms with van der Waals surface area (Å²) >= 11 is 0. The van der Waals surface area contributed by atoms with Crippen molar-refractivity contribution in [3.8, 4) is 0 Å². The number of hydrogen-bond donors (Lipinski definition) is 1. The highest BCUT2D eigenvalue weighted by Gasteiger charge is 2.47. The molecule has 1 N–H and O–H groups in total. The van der Waals surface area contributed by atoms with Crippen molar-refractivity contribution in [2.45, 2.75) is 59.0 Å². The molecule has 1 aromatic heterocycles. The Morgan fingerprint density at radius 3 is 1.86 bits per heavy atom. The highest BCUT2D eigenvalue weighted by atomic mass is 16.6. The number of hydrogen-bond acceptors (Lipinski definition) is 12. The normalized spacial score (nSPS) is 14.0. The molecule has 0 aliphatic carbocycles. The van der Waals surface area contributed by atoms with Gasteiger partial charge in [0, 0.05) is 40.0 Å². The Morgan fingerprint density at radius 2 is 1.31 bits per heavy atom. The van der Waals surface area contributed by atoms with Crippen molar-refractivity contribution in [3.05, 3.63) is 30.0 Å². The second-order valence-electron chi connectivity index (χ2n) is 7.61. The summed E-state index contributed by atoms with van der Waals surface area (Å²) < 4.78 is 25.9. The molecule has 0 saturated heterocycles. The largest absolute Gasteiger partial charge is 0.462 e. The van der Waals surface area contributed by atoms with E-state index in [1.54, 1.807) is 24.3 Å². The number of ketones is 1. The lowest BCUT2D eigenvalue weighted by atomic mass is 9.96. The third kappa shape index (κ3) is 7.61. The van der Waals surface area contributed by atoms with E-state index >= 15 is 0 Å². The Bertz CT molecular complexity index is 1160. The van der Waals surface area contributed by atoms with Gasteiger partial charge in [-0.2, -0.15) is 5.10 Å². The van der Waals surface area contributed by atoms with Crippen LogP contribution in [0.5, 0.6) is 0 Å². The number of carbonyl (C=O) groups excluding carboxylic acids is 6. The van der Waals surface area contributed by atoms with E-state index in [2.05, 4.69) is 10.2 Å². The zero-order valence-electron chi connectivity index (χ0n) is 20.3. The number of carbonyl (C=O) groups is 6. The molecule has 0 radical (unpaired) electrons. The quantitative estimate of drug-likeness (QED) is 0.260. The minimum Gasteiger partial charge on any atom is -0.462 e. The van der Waals surface area contributed by atoms with Gasteiger partial charge in [-0.25, -0.2) is 0 Å². The number of aromatic nitrogens is 2. The minimum absolute atomic E-state index is 0.153. The molecule has 4 atom stereocenters. The second kappa shape index (κ2) is 12.4. The van der Waals surface area contributed by atoms with Gasteiger partial charge in [0.15, 0.2) is 18.3 Å². The zero-order chi connectivity index (χ0) is 27.0. The Hall–Kier alpha value is -4.29. The van der Waals surface area contributed by atoms with Crippen molar-refractivity contribution in [1.82, 2.24) is 10.2 Å². The van der Waals surface area contributed by atoms with Crippen molar-refractivity contribution in [2.24, 2.45) is 0 Å². The lowest BCUT2D eigenvalue weighted by molar-refractivity contribution is -0.199. The third-order valence-corrected chi connectivity index (χ3v) is 4.62. The van der Waals surface area contributed by atoms with Crippen LogP contribution in [0.15, 0.2) is 24.3 Å². The van der Waals surface area contributed by atoms with Crippen LogP contribution < -0.4 is 0 Å². The van der Waals surface area contributed by atoms with Gasteiger partial charge in [-0.05, 0) is 6.07 Å². The van der Waals surface area contributed by atoms with Crippen molar-refractivity contribution in [2.75, 3.05) is 6.61 Å². The summed E-state index contributed by atoms with van der Waals surface area (Å²) in [4.78, 5) is 72.8. The molecule has 2 rings (SSSR count). The van der Waals surface area contributed by atoms with E-state index in [-0.39, 0.29) is 5.69 Å². The fraction of sp³-hybridized carbons (Fsp3) is 0.435. The predicted molar refractivity (Wildman–Crippen MR) is 119 cm³/mol. The van der Waals surface area contributed by atoms with Gasteiger partial charge in [-0.15, -0.1) is 0 Å². The number of fused-ring (bicyclic) bond motifs is 1. The van der Waals surface area contributed by atoms with Gasteiger partial charge < -0.3 is 23.7 Å². The molecule has 0 amide bonds. The highest BCUT2D eigenvalue weighted by Crippen LogP contribution is 2.25. The van der Waals surface area contributed by atoms with E-state index in [1.165, 1.54) is 0 Å². The number of Topliss-reactive ketones (excluding diaryl/α,β-unsaturated/α-hetero) is 1. The summed E-state index contributed by atoms with van der Waals surface area (Å²) in [7, 11) is 0. The van der Waals surface area contributed by atoms with Gasteiger partial charge in [-0.3, -0.25) is 33.9 Å². The molecule has 0 aliphatic rings. The van der Waals surface area contributed by atoms with E-state index in [1.807, 2.05) is 0 Å². The van der Waals surface area contributed by atoms with E-state index < -0.39 is 66.7 Å². The summed E-state index contributed by atoms with van der Waals surface area (Å²) in [6.07, 6.45) is -6.98. The maximum absolute atomic E-state index is 13.6. The van der Waals surface area contributed by atoms with E-state index in [0.717, 1.165) is 34.6 Å². The van der Waals surface area contributed by atoms with Crippen LogP contribution in [0.3, 0.4) is 0 Å². The highest BCUT2D eigenvalue weighted by molar-refractivity contribution is 6.08. The number of benzene rings is 1. The number of esters is 5. The molecule has 0 saturated carbocycles. The maximum Gasteiger partial charge on any atom is 0.303 e. The van der Waals surface area contributed by atoms with Crippen LogP contribution in [0.25, 0.3) is 10.9 Å². The number of nitrogens with one attached hydrogen (secondary N) is 1. The average Bonchev–Trinajstić information content (AvgIpc) is 3.20. The molecular weight excluding hydrogens is 480 g/mol. The first-order valence-corrected chi connectivity index (χ1v) is 10.7. The summed E-state index contributed by atoms with van der Waals surface area (Å²) in [5, 5.41) is 7.03. The van der Waals surface area contributed by atoms with Crippen molar-refractivity contribution in [1.29, 1.82) is 0 Å². The molecule has 0 fully saturated rings. The van der Waals surface area contributed by atoms with Crippen LogP contribution in [0, 0.1) is 0 Å². The van der Waals surface area contributed by atoms with Crippen LogP contribution in [0.2, 0.25) is 0 Å². The number of ether oxygens (including phenoxy) is 5. The van der Waals surface area contributed by atoms with Gasteiger partial charge >= 0.3 is 29.8 Å². The standard InChI is InChI=1S/C23H26N2O11/c1-11(26)32-10-18(33-12(2)27)21(34-13(3)28)23(36-15(5)30)22(35-14(4)29)20(31)19-16-8-6-7-9-17(16)24-25-19/h6-9,18,21-23H,10H2,1-5H3,(H,24,25)/t18-,21+,22+,23+/m1/s1. The number of rotatable bonds is 11. The van der Waals surface area contributed by atoms with Crippen molar-refractivity contribution < 1.29 is 52.5 Å². The number of nitrogens with zero attached hydrogens (tertiary/aromatic N) is 1. The Morgan fingerprint density at radius 1 is 0.750 bits per heavy atom. The Balaban J connectivity index is 2.64. The maximum atomic E-state index is 13.6. The van der Waals surface area contributed by atoms with Crippen LogP contribution in [-0.2, 0) is 47.7 Å². The zero-order valence-corrected chi connectivity index (χ0v) is 20.3. The molecule has 1 heterocycles. The lowest BCUT2D eigenvalue weighted by Gasteiger charge is -2.34. The number of aromatic amines is 1. The van der Waals surface area contributed by atoms with Crippen molar-refractivity contribution in [3.63, 3.8) is 0 Å². The summed E-state index contributed by atoms with van der Waals surface area (Å²) in [6, 6.07) is 6.59.